The summed E-state index contributed by atoms with van der Waals surface area (Å²) in [5.41, 5.74) is 0.560. The highest BCUT2D eigenvalue weighted by atomic mass is 15.2. The number of likely N-dealkylation sites (tertiary alicyclic amines) is 1. The molecule has 0 amide bonds. The first-order chi connectivity index (χ1) is 10.3. The maximum Gasteiger partial charge on any atom is 0.00671 e. The normalized spacial score (nSPS) is 28.0. The van der Waals surface area contributed by atoms with Gasteiger partial charge in [-0.1, -0.05) is 45.4 Å². The fraction of sp³-hybridized carbons (Fsp3) is 1.00. The molecule has 1 aliphatic carbocycles. The molecule has 0 aromatic carbocycles. The van der Waals surface area contributed by atoms with Crippen molar-refractivity contribution in [2.45, 2.75) is 90.5 Å². The molecule has 1 aliphatic heterocycles. The van der Waals surface area contributed by atoms with Crippen LogP contribution >= 0.6 is 0 Å². The zero-order valence-corrected chi connectivity index (χ0v) is 14.6. The molecule has 1 N–H and O–H groups in total. The van der Waals surface area contributed by atoms with Gasteiger partial charge in [0.1, 0.15) is 0 Å². The lowest BCUT2D eigenvalue weighted by molar-refractivity contribution is 0.1000. The van der Waals surface area contributed by atoms with Gasteiger partial charge in [-0.3, -0.25) is 0 Å². The summed E-state index contributed by atoms with van der Waals surface area (Å²) in [5.74, 6) is 0. The minimum absolute atomic E-state index is 0.560. The third-order valence-corrected chi connectivity index (χ3v) is 5.82. The second-order valence-corrected chi connectivity index (χ2v) is 7.76. The van der Waals surface area contributed by atoms with Gasteiger partial charge in [0, 0.05) is 19.1 Å². The topological polar surface area (TPSA) is 15.3 Å². The lowest BCUT2D eigenvalue weighted by atomic mass is 9.79. The summed E-state index contributed by atoms with van der Waals surface area (Å²) in [5, 5.41) is 3.77. The predicted molar refractivity (Wildman–Crippen MR) is 92.8 cm³/mol. The fourth-order valence-electron chi connectivity index (χ4n) is 4.40. The lowest BCUT2D eigenvalue weighted by Crippen LogP contribution is -2.47. The largest absolute Gasteiger partial charge is 0.316 e. The molecule has 1 atom stereocenters. The number of rotatable bonds is 6. The van der Waals surface area contributed by atoms with Crippen LogP contribution in [-0.2, 0) is 0 Å². The Balaban J connectivity index is 1.98. The SMILES string of the molecule is CCCNCC1(CN2CCCCCC2C)CCCCCC1. The van der Waals surface area contributed by atoms with E-state index >= 15 is 0 Å². The zero-order valence-electron chi connectivity index (χ0n) is 14.6. The monoisotopic (exact) mass is 294 g/mol. The van der Waals surface area contributed by atoms with E-state index in [4.69, 9.17) is 0 Å². The molecule has 1 heterocycles. The molecule has 21 heavy (non-hydrogen) atoms. The van der Waals surface area contributed by atoms with Crippen LogP contribution in [0.15, 0.2) is 0 Å². The second kappa shape index (κ2) is 9.15. The molecule has 1 saturated heterocycles. The highest BCUT2D eigenvalue weighted by molar-refractivity contribution is 4.88. The fourth-order valence-corrected chi connectivity index (χ4v) is 4.40. The van der Waals surface area contributed by atoms with Crippen molar-refractivity contribution < 1.29 is 0 Å². The Kier molecular flexibility index (Phi) is 7.53. The van der Waals surface area contributed by atoms with Gasteiger partial charge < -0.3 is 10.2 Å². The van der Waals surface area contributed by atoms with E-state index in [1.54, 1.807) is 0 Å². The van der Waals surface area contributed by atoms with Gasteiger partial charge in [-0.25, -0.2) is 0 Å². The molecule has 0 aromatic rings. The number of nitrogens with zero attached hydrogens (tertiary/aromatic N) is 1. The molecule has 1 saturated carbocycles. The molecule has 0 aromatic heterocycles. The summed E-state index contributed by atoms with van der Waals surface area (Å²) in [6, 6.07) is 0.804. The molecule has 0 radical (unpaired) electrons. The summed E-state index contributed by atoms with van der Waals surface area (Å²) >= 11 is 0. The molecule has 2 nitrogen and oxygen atoms in total. The molecule has 0 bridgehead atoms. The molecule has 0 spiro atoms. The molecule has 2 rings (SSSR count). The van der Waals surface area contributed by atoms with Crippen LogP contribution in [0.3, 0.4) is 0 Å². The smallest absolute Gasteiger partial charge is 0.00671 e. The van der Waals surface area contributed by atoms with Crippen molar-refractivity contribution in [3.63, 3.8) is 0 Å². The van der Waals surface area contributed by atoms with Crippen molar-refractivity contribution in [1.29, 1.82) is 0 Å². The maximum absolute atomic E-state index is 3.77. The van der Waals surface area contributed by atoms with Crippen molar-refractivity contribution in [3.8, 4) is 0 Å². The summed E-state index contributed by atoms with van der Waals surface area (Å²) < 4.78 is 0. The highest BCUT2D eigenvalue weighted by Crippen LogP contribution is 2.36. The number of hydrogen-bond acceptors (Lipinski definition) is 2. The van der Waals surface area contributed by atoms with Gasteiger partial charge in [-0.2, -0.15) is 0 Å². The average molecular weight is 295 g/mol. The highest BCUT2D eigenvalue weighted by Gasteiger charge is 2.34. The summed E-state index contributed by atoms with van der Waals surface area (Å²) in [7, 11) is 0. The Labute approximate surface area is 133 Å². The Morgan fingerprint density at radius 1 is 1.00 bits per heavy atom. The van der Waals surface area contributed by atoms with Crippen molar-refractivity contribution in [3.05, 3.63) is 0 Å². The van der Waals surface area contributed by atoms with Gasteiger partial charge in [0.15, 0.2) is 0 Å². The maximum atomic E-state index is 3.77. The Hall–Kier alpha value is -0.0800. The van der Waals surface area contributed by atoms with E-state index < -0.39 is 0 Å². The van der Waals surface area contributed by atoms with Crippen LogP contribution in [0.25, 0.3) is 0 Å². The van der Waals surface area contributed by atoms with E-state index in [1.165, 1.54) is 96.8 Å². The average Bonchev–Trinajstić information content (AvgIpc) is 2.82. The van der Waals surface area contributed by atoms with E-state index in [9.17, 15) is 0 Å². The van der Waals surface area contributed by atoms with Crippen molar-refractivity contribution >= 4 is 0 Å². The van der Waals surface area contributed by atoms with Crippen molar-refractivity contribution in [2.24, 2.45) is 5.41 Å². The first-order valence-electron chi connectivity index (χ1n) is 9.70. The Morgan fingerprint density at radius 2 is 1.71 bits per heavy atom. The van der Waals surface area contributed by atoms with Crippen LogP contribution in [0.2, 0.25) is 0 Å². The third kappa shape index (κ3) is 5.56. The van der Waals surface area contributed by atoms with Crippen LogP contribution in [-0.4, -0.2) is 37.1 Å². The molecular formula is C19H38N2. The van der Waals surface area contributed by atoms with Crippen LogP contribution in [0, 0.1) is 5.41 Å². The minimum Gasteiger partial charge on any atom is -0.316 e. The molecular weight excluding hydrogens is 256 g/mol. The van der Waals surface area contributed by atoms with E-state index in [2.05, 4.69) is 24.1 Å². The lowest BCUT2D eigenvalue weighted by Gasteiger charge is -2.40. The molecule has 2 aliphatic rings. The zero-order chi connectivity index (χ0) is 15.0. The van der Waals surface area contributed by atoms with Gasteiger partial charge in [-0.15, -0.1) is 0 Å². The third-order valence-electron chi connectivity index (χ3n) is 5.82. The summed E-state index contributed by atoms with van der Waals surface area (Å²) in [4.78, 5) is 2.84. The summed E-state index contributed by atoms with van der Waals surface area (Å²) in [6.45, 7) is 9.89. The van der Waals surface area contributed by atoms with Crippen LogP contribution in [0.4, 0.5) is 0 Å². The van der Waals surface area contributed by atoms with Crippen LogP contribution in [0.1, 0.15) is 84.5 Å². The van der Waals surface area contributed by atoms with Gasteiger partial charge in [0.2, 0.25) is 0 Å². The standard InChI is InChI=1S/C19H38N2/c1-3-14-20-16-19(12-8-4-5-9-13-19)17-21-15-10-6-7-11-18(21)2/h18,20H,3-17H2,1-2H3. The number of hydrogen-bond donors (Lipinski definition) is 1. The first kappa shape index (κ1) is 17.3. The Bertz CT molecular complexity index is 269. The predicted octanol–water partition coefficient (Wildman–Crippen LogP) is 4.59. The van der Waals surface area contributed by atoms with Gasteiger partial charge in [-0.05, 0) is 57.5 Å². The summed E-state index contributed by atoms with van der Waals surface area (Å²) in [6.07, 6.45) is 15.7. The van der Waals surface area contributed by atoms with Crippen molar-refractivity contribution in [2.75, 3.05) is 26.2 Å². The Morgan fingerprint density at radius 3 is 2.43 bits per heavy atom. The van der Waals surface area contributed by atoms with Gasteiger partial charge in [0.25, 0.3) is 0 Å². The van der Waals surface area contributed by atoms with E-state index in [-0.39, 0.29) is 0 Å². The molecule has 2 heteroatoms. The van der Waals surface area contributed by atoms with E-state index in [0.29, 0.717) is 5.41 Å². The quantitative estimate of drug-likeness (QED) is 0.569. The first-order valence-corrected chi connectivity index (χ1v) is 9.70. The molecule has 1 unspecified atom stereocenters. The second-order valence-electron chi connectivity index (χ2n) is 7.76. The van der Waals surface area contributed by atoms with Gasteiger partial charge in [0.05, 0.1) is 0 Å². The molecule has 124 valence electrons. The van der Waals surface area contributed by atoms with Crippen molar-refractivity contribution in [1.82, 2.24) is 10.2 Å². The van der Waals surface area contributed by atoms with E-state index in [0.717, 1.165) is 6.04 Å². The number of nitrogens with one attached hydrogen (secondary N) is 1. The minimum atomic E-state index is 0.560. The van der Waals surface area contributed by atoms with E-state index in [1.807, 2.05) is 0 Å². The molecule has 2 fully saturated rings. The van der Waals surface area contributed by atoms with Crippen LogP contribution < -0.4 is 5.32 Å². The van der Waals surface area contributed by atoms with Gasteiger partial charge >= 0.3 is 0 Å². The van der Waals surface area contributed by atoms with Crippen LogP contribution in [0.5, 0.6) is 0 Å².